The van der Waals surface area contributed by atoms with Crippen LogP contribution in [0, 0.1) is 12.8 Å². The zero-order valence-electron chi connectivity index (χ0n) is 10.9. The van der Waals surface area contributed by atoms with Crippen LogP contribution in [0.15, 0.2) is 18.5 Å². The normalized spacial score (nSPS) is 21.8. The first kappa shape index (κ1) is 13.4. The Hall–Kier alpha value is -1.03. The number of rotatable bonds is 3. The van der Waals surface area contributed by atoms with E-state index >= 15 is 0 Å². The molecule has 1 heterocycles. The van der Waals surface area contributed by atoms with Gasteiger partial charge in [0.05, 0.1) is 0 Å². The highest BCUT2D eigenvalue weighted by atomic mass is 19.3. The van der Waals surface area contributed by atoms with E-state index in [-0.39, 0.29) is 24.8 Å². The smallest absolute Gasteiger partial charge is 0.248 e. The summed E-state index contributed by atoms with van der Waals surface area (Å²) in [5, 5.41) is 3.27. The van der Waals surface area contributed by atoms with E-state index in [0.717, 1.165) is 5.56 Å². The summed E-state index contributed by atoms with van der Waals surface area (Å²) in [6.07, 6.45) is 4.79. The maximum absolute atomic E-state index is 13.2. The minimum Gasteiger partial charge on any atom is -0.313 e. The predicted octanol–water partition coefficient (Wildman–Crippen LogP) is 3.48. The van der Waals surface area contributed by atoms with Crippen molar-refractivity contribution in [1.29, 1.82) is 0 Å². The molecule has 18 heavy (non-hydrogen) atoms. The van der Waals surface area contributed by atoms with Gasteiger partial charge in [-0.05, 0) is 49.9 Å². The van der Waals surface area contributed by atoms with Gasteiger partial charge in [-0.25, -0.2) is 8.78 Å². The van der Waals surface area contributed by atoms with Crippen LogP contribution >= 0.6 is 0 Å². The van der Waals surface area contributed by atoms with Crippen LogP contribution in [0.3, 0.4) is 0 Å². The van der Waals surface area contributed by atoms with Crippen LogP contribution in [0.5, 0.6) is 0 Å². The fourth-order valence-electron chi connectivity index (χ4n) is 2.84. The second-order valence-electron chi connectivity index (χ2n) is 5.19. The number of hydrogen-bond donors (Lipinski definition) is 1. The molecule has 2 nitrogen and oxygen atoms in total. The van der Waals surface area contributed by atoms with Crippen LogP contribution in [-0.4, -0.2) is 18.0 Å². The van der Waals surface area contributed by atoms with Crippen LogP contribution in [0.25, 0.3) is 0 Å². The van der Waals surface area contributed by atoms with Crippen molar-refractivity contribution in [2.45, 2.75) is 44.6 Å². The first-order chi connectivity index (χ1) is 8.53. The molecule has 1 atom stereocenters. The number of aromatic nitrogens is 1. The molecular weight excluding hydrogens is 234 g/mol. The van der Waals surface area contributed by atoms with E-state index < -0.39 is 5.92 Å². The van der Waals surface area contributed by atoms with Crippen molar-refractivity contribution in [2.24, 2.45) is 5.92 Å². The van der Waals surface area contributed by atoms with Crippen molar-refractivity contribution < 1.29 is 8.78 Å². The number of nitrogens with one attached hydrogen (secondary N) is 1. The molecule has 0 radical (unpaired) electrons. The lowest BCUT2D eigenvalue weighted by Gasteiger charge is -2.34. The Balaban J connectivity index is 2.13. The van der Waals surface area contributed by atoms with Crippen LogP contribution in [0.2, 0.25) is 0 Å². The van der Waals surface area contributed by atoms with Crippen molar-refractivity contribution in [3.63, 3.8) is 0 Å². The molecule has 0 saturated heterocycles. The second-order valence-corrected chi connectivity index (χ2v) is 5.19. The van der Waals surface area contributed by atoms with Crippen molar-refractivity contribution in [3.8, 4) is 0 Å². The second kappa shape index (κ2) is 5.31. The lowest BCUT2D eigenvalue weighted by atomic mass is 9.79. The van der Waals surface area contributed by atoms with Gasteiger partial charge in [0.2, 0.25) is 5.92 Å². The summed E-state index contributed by atoms with van der Waals surface area (Å²) in [5.41, 5.74) is 2.30. The highest BCUT2D eigenvalue weighted by molar-refractivity contribution is 5.25. The molecule has 0 spiro atoms. The van der Waals surface area contributed by atoms with Gasteiger partial charge < -0.3 is 5.32 Å². The Kier molecular flexibility index (Phi) is 3.95. The third-order valence-corrected chi connectivity index (χ3v) is 3.96. The summed E-state index contributed by atoms with van der Waals surface area (Å²) in [6, 6.07) is 2.10. The predicted molar refractivity (Wildman–Crippen MR) is 67.7 cm³/mol. The van der Waals surface area contributed by atoms with E-state index in [9.17, 15) is 8.78 Å². The quantitative estimate of drug-likeness (QED) is 0.893. The zero-order valence-corrected chi connectivity index (χ0v) is 10.9. The SMILES string of the molecule is CNC(c1cnccc1C)C1CCC(F)(F)CC1. The van der Waals surface area contributed by atoms with Gasteiger partial charge in [-0.3, -0.25) is 4.98 Å². The zero-order chi connectivity index (χ0) is 13.2. The maximum atomic E-state index is 13.2. The van der Waals surface area contributed by atoms with Crippen LogP contribution in [-0.2, 0) is 0 Å². The van der Waals surface area contributed by atoms with Gasteiger partial charge in [0.25, 0.3) is 0 Å². The summed E-state index contributed by atoms with van der Waals surface area (Å²) in [6.45, 7) is 2.04. The molecule has 0 amide bonds. The van der Waals surface area contributed by atoms with Gasteiger partial charge in [-0.1, -0.05) is 0 Å². The van der Waals surface area contributed by atoms with E-state index in [1.54, 1.807) is 6.20 Å². The summed E-state index contributed by atoms with van der Waals surface area (Å²) in [7, 11) is 1.89. The first-order valence-electron chi connectivity index (χ1n) is 6.49. The standard InChI is InChI=1S/C14H20F2N2/c1-10-5-8-18-9-12(10)13(17-2)11-3-6-14(15,16)7-4-11/h5,8-9,11,13,17H,3-4,6-7H2,1-2H3. The Morgan fingerprint density at radius 3 is 2.61 bits per heavy atom. The lowest BCUT2D eigenvalue weighted by molar-refractivity contribution is -0.0495. The van der Waals surface area contributed by atoms with E-state index in [1.165, 1.54) is 5.56 Å². The number of halogens is 2. The molecule has 4 heteroatoms. The molecule has 0 aliphatic heterocycles. The molecule has 1 aromatic heterocycles. The summed E-state index contributed by atoms with van der Waals surface area (Å²) < 4.78 is 26.4. The minimum atomic E-state index is -2.46. The Morgan fingerprint density at radius 2 is 2.06 bits per heavy atom. The third kappa shape index (κ3) is 2.86. The van der Waals surface area contributed by atoms with E-state index in [1.807, 2.05) is 26.2 Å². The summed E-state index contributed by atoms with van der Waals surface area (Å²) in [5.74, 6) is -2.18. The molecule has 100 valence electrons. The molecule has 0 aromatic carbocycles. The molecular formula is C14H20F2N2. The van der Waals surface area contributed by atoms with E-state index in [2.05, 4.69) is 10.3 Å². The Bertz CT molecular complexity index is 397. The van der Waals surface area contributed by atoms with Gasteiger partial charge in [0.1, 0.15) is 0 Å². The average molecular weight is 254 g/mol. The molecule has 1 aliphatic carbocycles. The van der Waals surface area contributed by atoms with Gasteiger partial charge in [-0.2, -0.15) is 0 Å². The molecule has 1 saturated carbocycles. The Labute approximate surface area is 107 Å². The number of aryl methyl sites for hydroxylation is 1. The number of nitrogens with zero attached hydrogens (tertiary/aromatic N) is 1. The molecule has 1 aliphatic rings. The fourth-order valence-corrected chi connectivity index (χ4v) is 2.84. The van der Waals surface area contributed by atoms with Crippen LogP contribution in [0.4, 0.5) is 8.78 Å². The fraction of sp³-hybridized carbons (Fsp3) is 0.643. The van der Waals surface area contributed by atoms with Crippen LogP contribution in [0.1, 0.15) is 42.9 Å². The highest BCUT2D eigenvalue weighted by Crippen LogP contribution is 2.41. The molecule has 1 unspecified atom stereocenters. The van der Waals surface area contributed by atoms with Crippen molar-refractivity contribution in [2.75, 3.05) is 7.05 Å². The summed E-state index contributed by atoms with van der Waals surface area (Å²) >= 11 is 0. The van der Waals surface area contributed by atoms with Gasteiger partial charge in [0, 0.05) is 31.3 Å². The average Bonchev–Trinajstić information content (AvgIpc) is 2.34. The minimum absolute atomic E-state index is 0.00908. The highest BCUT2D eigenvalue weighted by Gasteiger charge is 2.37. The van der Waals surface area contributed by atoms with Gasteiger partial charge >= 0.3 is 0 Å². The van der Waals surface area contributed by atoms with Crippen molar-refractivity contribution >= 4 is 0 Å². The van der Waals surface area contributed by atoms with Gasteiger partial charge in [-0.15, -0.1) is 0 Å². The van der Waals surface area contributed by atoms with Crippen molar-refractivity contribution in [1.82, 2.24) is 10.3 Å². The maximum Gasteiger partial charge on any atom is 0.248 e. The van der Waals surface area contributed by atoms with E-state index in [4.69, 9.17) is 0 Å². The Morgan fingerprint density at radius 1 is 1.39 bits per heavy atom. The monoisotopic (exact) mass is 254 g/mol. The largest absolute Gasteiger partial charge is 0.313 e. The lowest BCUT2D eigenvalue weighted by Crippen LogP contribution is -2.33. The van der Waals surface area contributed by atoms with Crippen LogP contribution < -0.4 is 5.32 Å². The molecule has 1 fully saturated rings. The number of alkyl halides is 2. The number of pyridine rings is 1. The third-order valence-electron chi connectivity index (χ3n) is 3.96. The topological polar surface area (TPSA) is 24.9 Å². The molecule has 2 rings (SSSR count). The number of hydrogen-bond acceptors (Lipinski definition) is 2. The molecule has 0 bridgehead atoms. The van der Waals surface area contributed by atoms with Crippen molar-refractivity contribution in [3.05, 3.63) is 29.6 Å². The first-order valence-corrected chi connectivity index (χ1v) is 6.49. The van der Waals surface area contributed by atoms with E-state index in [0.29, 0.717) is 12.8 Å². The summed E-state index contributed by atoms with van der Waals surface area (Å²) in [4.78, 5) is 4.15. The molecule has 1 N–H and O–H groups in total. The van der Waals surface area contributed by atoms with Gasteiger partial charge in [0.15, 0.2) is 0 Å². The molecule has 1 aromatic rings.